The summed E-state index contributed by atoms with van der Waals surface area (Å²) in [5.41, 5.74) is 13.1. The number of carboxylic acids is 1. The van der Waals surface area contributed by atoms with Crippen LogP contribution in [0.25, 0.3) is 0 Å². The number of anilines is 1. The molecule has 43 heavy (non-hydrogen) atoms. The van der Waals surface area contributed by atoms with Crippen LogP contribution in [0.3, 0.4) is 0 Å². The molecule has 0 bridgehead atoms. The SMILES string of the molecule is CC(=O)c1ccc(N)cc1.Cl.NC[C@H]1CC[C@H](C(=O)N[C@@H](Cc2ccc(Oc3ccc([N+](=O)[O-])cn3)cc2)C(=O)O)CC1. The van der Waals surface area contributed by atoms with Gasteiger partial charge in [-0.1, -0.05) is 12.1 Å². The fraction of sp³-hybridized carbons (Fsp3) is 0.333. The molecule has 2 aromatic carbocycles. The number of halogens is 1. The normalized spacial score (nSPS) is 16.3. The van der Waals surface area contributed by atoms with Crippen molar-refractivity contribution in [3.8, 4) is 11.6 Å². The van der Waals surface area contributed by atoms with Crippen LogP contribution in [-0.2, 0) is 16.0 Å². The van der Waals surface area contributed by atoms with Gasteiger partial charge in [0.2, 0.25) is 11.8 Å². The van der Waals surface area contributed by atoms with E-state index in [4.69, 9.17) is 16.2 Å². The van der Waals surface area contributed by atoms with E-state index < -0.39 is 16.9 Å². The molecular weight excluding hydrogens is 578 g/mol. The predicted molar refractivity (Wildman–Crippen MR) is 163 cm³/mol. The number of carboxylic acid groups (broad SMARTS) is 1. The van der Waals surface area contributed by atoms with Crippen LogP contribution in [0.2, 0.25) is 0 Å². The molecule has 0 spiro atoms. The topological polar surface area (TPSA) is 201 Å². The molecule has 0 radical (unpaired) electrons. The number of pyridine rings is 1. The highest BCUT2D eigenvalue weighted by Gasteiger charge is 2.29. The molecule has 0 unspecified atom stereocenters. The number of benzene rings is 2. The Kier molecular flexibility index (Phi) is 13.5. The molecule has 230 valence electrons. The van der Waals surface area contributed by atoms with Gasteiger partial charge in [-0.15, -0.1) is 12.4 Å². The minimum atomic E-state index is -1.09. The highest BCUT2D eigenvalue weighted by Crippen LogP contribution is 2.28. The van der Waals surface area contributed by atoms with E-state index in [0.29, 0.717) is 35.0 Å². The van der Waals surface area contributed by atoms with E-state index in [1.54, 1.807) is 48.5 Å². The van der Waals surface area contributed by atoms with Crippen LogP contribution in [0.1, 0.15) is 48.5 Å². The number of nitrogen functional groups attached to an aromatic ring is 1. The number of ether oxygens (including phenoxy) is 1. The monoisotopic (exact) mass is 613 g/mol. The first-order valence-corrected chi connectivity index (χ1v) is 13.5. The van der Waals surface area contributed by atoms with Gasteiger partial charge in [0, 0.05) is 35.7 Å². The van der Waals surface area contributed by atoms with E-state index in [1.165, 1.54) is 19.1 Å². The molecule has 1 aliphatic carbocycles. The maximum Gasteiger partial charge on any atom is 0.326 e. The van der Waals surface area contributed by atoms with Crippen molar-refractivity contribution in [1.29, 1.82) is 0 Å². The third-order valence-corrected chi connectivity index (χ3v) is 7.00. The largest absolute Gasteiger partial charge is 0.480 e. The van der Waals surface area contributed by atoms with Crippen LogP contribution in [-0.4, -0.2) is 45.3 Å². The van der Waals surface area contributed by atoms with Crippen molar-refractivity contribution in [2.45, 2.75) is 45.1 Å². The average molecular weight is 614 g/mol. The minimum Gasteiger partial charge on any atom is -0.480 e. The number of rotatable bonds is 10. The van der Waals surface area contributed by atoms with E-state index in [2.05, 4.69) is 10.3 Å². The zero-order valence-corrected chi connectivity index (χ0v) is 24.5. The number of nitrogens with two attached hydrogens (primary N) is 2. The quantitative estimate of drug-likeness (QED) is 0.109. The molecule has 1 amide bonds. The number of Topliss-reactive ketones (excluding diaryl/α,β-unsaturated/α-hetero) is 1. The standard InChI is InChI=1S/C22H26N4O6.C8H9NO.ClH/c23-12-15-1-5-16(6-2-15)21(27)25-19(22(28)29)11-14-3-8-18(9-4-14)32-20-10-7-17(13-24-20)26(30)31;1-6(10)7-2-4-8(9)5-3-7;/h3-4,7-10,13,15-16,19H,1-2,5-6,11-12,23H2,(H,25,27)(H,28,29);2-5H,9H2,1H3;1H/t15-,16-,19-;;/m0../s1. The fourth-order valence-corrected chi connectivity index (χ4v) is 4.46. The van der Waals surface area contributed by atoms with Crippen LogP contribution in [0.15, 0.2) is 66.9 Å². The molecule has 13 heteroatoms. The number of hydrogen-bond acceptors (Lipinski definition) is 9. The van der Waals surface area contributed by atoms with Crippen molar-refractivity contribution >= 4 is 41.4 Å². The van der Waals surface area contributed by atoms with Crippen LogP contribution in [0.5, 0.6) is 11.6 Å². The summed E-state index contributed by atoms with van der Waals surface area (Å²) in [7, 11) is 0. The summed E-state index contributed by atoms with van der Waals surface area (Å²) >= 11 is 0. The van der Waals surface area contributed by atoms with Crippen LogP contribution in [0.4, 0.5) is 11.4 Å². The summed E-state index contributed by atoms with van der Waals surface area (Å²) < 4.78 is 5.55. The molecular formula is C30H36ClN5O7. The molecule has 6 N–H and O–H groups in total. The first-order valence-electron chi connectivity index (χ1n) is 13.5. The van der Waals surface area contributed by atoms with E-state index >= 15 is 0 Å². The molecule has 3 aromatic rings. The van der Waals surface area contributed by atoms with Gasteiger partial charge in [-0.2, -0.15) is 0 Å². The van der Waals surface area contributed by atoms with Gasteiger partial charge in [0.1, 0.15) is 18.0 Å². The number of nitro groups is 1. The van der Waals surface area contributed by atoms with Gasteiger partial charge in [0.05, 0.1) is 4.92 Å². The third-order valence-electron chi connectivity index (χ3n) is 7.00. The van der Waals surface area contributed by atoms with Gasteiger partial charge in [0.15, 0.2) is 5.78 Å². The van der Waals surface area contributed by atoms with Crippen molar-refractivity contribution in [3.63, 3.8) is 0 Å². The van der Waals surface area contributed by atoms with Gasteiger partial charge >= 0.3 is 5.97 Å². The lowest BCUT2D eigenvalue weighted by Crippen LogP contribution is -2.45. The second-order valence-corrected chi connectivity index (χ2v) is 10.1. The van der Waals surface area contributed by atoms with Crippen LogP contribution in [0, 0.1) is 22.0 Å². The molecule has 0 saturated heterocycles. The van der Waals surface area contributed by atoms with Crippen LogP contribution < -0.4 is 21.5 Å². The number of carbonyl (C=O) groups is 3. The Balaban J connectivity index is 0.000000498. The molecule has 1 aromatic heterocycles. The number of ketones is 1. The van der Waals surface area contributed by atoms with E-state index in [0.717, 1.165) is 31.9 Å². The lowest BCUT2D eigenvalue weighted by Gasteiger charge is -2.27. The second-order valence-electron chi connectivity index (χ2n) is 10.1. The Bertz CT molecular complexity index is 1360. The molecule has 4 rings (SSSR count). The number of amides is 1. The van der Waals surface area contributed by atoms with Crippen molar-refractivity contribution in [1.82, 2.24) is 10.3 Å². The maximum atomic E-state index is 12.5. The van der Waals surface area contributed by atoms with Gasteiger partial charge in [-0.05, 0) is 87.0 Å². The number of hydrogen-bond donors (Lipinski definition) is 4. The smallest absolute Gasteiger partial charge is 0.326 e. The average Bonchev–Trinajstić information content (AvgIpc) is 2.98. The van der Waals surface area contributed by atoms with Gasteiger partial charge in [0.25, 0.3) is 5.69 Å². The summed E-state index contributed by atoms with van der Waals surface area (Å²) in [6.45, 7) is 2.15. The first kappa shape index (κ1) is 34.7. The Morgan fingerprint density at radius 1 is 1.05 bits per heavy atom. The summed E-state index contributed by atoms with van der Waals surface area (Å²) in [5, 5.41) is 22.9. The summed E-state index contributed by atoms with van der Waals surface area (Å²) in [5.74, 6) is -0.339. The van der Waals surface area contributed by atoms with Crippen molar-refractivity contribution in [2.75, 3.05) is 12.3 Å². The fourth-order valence-electron chi connectivity index (χ4n) is 4.46. The third kappa shape index (κ3) is 11.0. The molecule has 1 aliphatic rings. The number of carbonyl (C=O) groups excluding carboxylic acids is 2. The Morgan fingerprint density at radius 3 is 2.16 bits per heavy atom. The molecule has 12 nitrogen and oxygen atoms in total. The Morgan fingerprint density at radius 2 is 1.67 bits per heavy atom. The maximum absolute atomic E-state index is 12.5. The van der Waals surface area contributed by atoms with Gasteiger partial charge in [-0.3, -0.25) is 19.7 Å². The molecule has 1 atom stereocenters. The zero-order chi connectivity index (χ0) is 30.6. The second kappa shape index (κ2) is 16.8. The summed E-state index contributed by atoms with van der Waals surface area (Å²) in [4.78, 5) is 49.0. The lowest BCUT2D eigenvalue weighted by molar-refractivity contribution is -0.385. The van der Waals surface area contributed by atoms with E-state index in [9.17, 15) is 29.6 Å². The van der Waals surface area contributed by atoms with Gasteiger partial charge in [-0.25, -0.2) is 9.78 Å². The van der Waals surface area contributed by atoms with Crippen molar-refractivity contribution < 1.29 is 29.2 Å². The number of nitrogens with one attached hydrogen (secondary N) is 1. The van der Waals surface area contributed by atoms with E-state index in [1.807, 2.05) is 0 Å². The van der Waals surface area contributed by atoms with Crippen LogP contribution >= 0.6 is 12.4 Å². The number of nitrogens with zero attached hydrogens (tertiary/aromatic N) is 2. The lowest BCUT2D eigenvalue weighted by atomic mass is 9.81. The Hall–Kier alpha value is -4.55. The number of aromatic nitrogens is 1. The highest BCUT2D eigenvalue weighted by atomic mass is 35.5. The molecule has 1 fully saturated rings. The molecule has 1 saturated carbocycles. The summed E-state index contributed by atoms with van der Waals surface area (Å²) in [6, 6.07) is 15.2. The van der Waals surface area contributed by atoms with Crippen molar-refractivity contribution in [3.05, 3.63) is 88.1 Å². The predicted octanol–water partition coefficient (Wildman–Crippen LogP) is 4.55. The van der Waals surface area contributed by atoms with E-state index in [-0.39, 0.29) is 48.0 Å². The highest BCUT2D eigenvalue weighted by molar-refractivity contribution is 5.94. The molecule has 0 aliphatic heterocycles. The zero-order valence-electron chi connectivity index (χ0n) is 23.7. The number of aliphatic carboxylic acids is 1. The van der Waals surface area contributed by atoms with Crippen molar-refractivity contribution in [2.24, 2.45) is 17.6 Å². The summed E-state index contributed by atoms with van der Waals surface area (Å²) in [6.07, 6.45) is 4.46. The minimum absolute atomic E-state index is 0. The molecule has 1 heterocycles. The first-order chi connectivity index (χ1) is 20.0. The van der Waals surface area contributed by atoms with Gasteiger partial charge < -0.3 is 26.6 Å². The Labute approximate surface area is 255 Å².